The van der Waals surface area contributed by atoms with Gasteiger partial charge in [0, 0.05) is 20.4 Å². The van der Waals surface area contributed by atoms with Gasteiger partial charge in [0.25, 0.3) is 0 Å². The van der Waals surface area contributed by atoms with Crippen LogP contribution in [0.4, 0.5) is 5.82 Å². The third-order valence-corrected chi connectivity index (χ3v) is 4.61. The molecule has 21 heavy (non-hydrogen) atoms. The van der Waals surface area contributed by atoms with E-state index in [9.17, 15) is 0 Å². The summed E-state index contributed by atoms with van der Waals surface area (Å²) in [5, 5.41) is 9.78. The normalized spacial score (nSPS) is 10.8. The number of anilines is 1. The van der Waals surface area contributed by atoms with Gasteiger partial charge in [-0.2, -0.15) is 5.10 Å². The van der Waals surface area contributed by atoms with E-state index in [2.05, 4.69) is 47.8 Å². The van der Waals surface area contributed by atoms with Crippen molar-refractivity contribution in [3.8, 4) is 5.82 Å². The summed E-state index contributed by atoms with van der Waals surface area (Å²) in [6, 6.07) is 4.11. The number of aryl methyl sites for hydroxylation is 2. The summed E-state index contributed by atoms with van der Waals surface area (Å²) in [5.41, 5.74) is 2.01. The minimum absolute atomic E-state index is 0.720. The van der Waals surface area contributed by atoms with Crippen molar-refractivity contribution in [2.24, 2.45) is 0 Å². The summed E-state index contributed by atoms with van der Waals surface area (Å²) in [6.07, 6.45) is 3.43. The first-order valence-electron chi connectivity index (χ1n) is 6.44. The van der Waals surface area contributed by atoms with E-state index in [-0.39, 0.29) is 0 Å². The highest BCUT2D eigenvalue weighted by molar-refractivity contribution is 9.10. The second kappa shape index (κ2) is 5.95. The van der Waals surface area contributed by atoms with Crippen LogP contribution in [0.15, 0.2) is 34.4 Å². The highest BCUT2D eigenvalue weighted by Crippen LogP contribution is 2.20. The van der Waals surface area contributed by atoms with Crippen LogP contribution >= 0.6 is 27.3 Å². The smallest absolute Gasteiger partial charge is 0.174 e. The zero-order valence-electron chi connectivity index (χ0n) is 11.7. The molecule has 0 bridgehead atoms. The lowest BCUT2D eigenvalue weighted by molar-refractivity contribution is 0.799. The van der Waals surface area contributed by atoms with Crippen molar-refractivity contribution in [3.05, 3.63) is 50.6 Å². The van der Waals surface area contributed by atoms with Crippen molar-refractivity contribution >= 4 is 33.1 Å². The molecule has 3 rings (SSSR count). The Morgan fingerprint density at radius 3 is 2.81 bits per heavy atom. The van der Waals surface area contributed by atoms with Crippen LogP contribution < -0.4 is 5.32 Å². The number of hydrogen-bond acceptors (Lipinski definition) is 5. The van der Waals surface area contributed by atoms with Crippen LogP contribution in [0, 0.1) is 13.8 Å². The highest BCUT2D eigenvalue weighted by atomic mass is 79.9. The minimum Gasteiger partial charge on any atom is -0.364 e. The molecule has 0 saturated heterocycles. The third-order valence-electron chi connectivity index (χ3n) is 2.91. The van der Waals surface area contributed by atoms with Gasteiger partial charge in [0.1, 0.15) is 5.82 Å². The lowest BCUT2D eigenvalue weighted by Crippen LogP contribution is -2.06. The maximum absolute atomic E-state index is 4.56. The Hall–Kier alpha value is -1.73. The van der Waals surface area contributed by atoms with Crippen molar-refractivity contribution in [2.75, 3.05) is 5.32 Å². The zero-order chi connectivity index (χ0) is 14.8. The topological polar surface area (TPSA) is 55.6 Å². The van der Waals surface area contributed by atoms with E-state index < -0.39 is 0 Å². The van der Waals surface area contributed by atoms with Gasteiger partial charge in [0.15, 0.2) is 5.82 Å². The molecule has 5 nitrogen and oxygen atoms in total. The predicted octanol–water partition coefficient (Wildman–Crippen LogP) is 3.72. The van der Waals surface area contributed by atoms with Gasteiger partial charge in [-0.1, -0.05) is 0 Å². The first-order valence-corrected chi connectivity index (χ1v) is 8.11. The van der Waals surface area contributed by atoms with Gasteiger partial charge >= 0.3 is 0 Å². The Bertz CT molecular complexity index is 764. The SMILES string of the molecule is Cc1cc(C)n(-c2cncc(NCc3cc(Br)cs3)n2)n1. The summed E-state index contributed by atoms with van der Waals surface area (Å²) < 4.78 is 2.90. The summed E-state index contributed by atoms with van der Waals surface area (Å²) >= 11 is 5.15. The Morgan fingerprint density at radius 1 is 1.29 bits per heavy atom. The fraction of sp³-hybridized carbons (Fsp3) is 0.214. The maximum atomic E-state index is 4.56. The predicted molar refractivity (Wildman–Crippen MR) is 88.0 cm³/mol. The van der Waals surface area contributed by atoms with Crippen LogP contribution in [0.5, 0.6) is 0 Å². The van der Waals surface area contributed by atoms with Crippen molar-refractivity contribution in [3.63, 3.8) is 0 Å². The van der Waals surface area contributed by atoms with E-state index in [1.165, 1.54) is 4.88 Å². The fourth-order valence-electron chi connectivity index (χ4n) is 2.03. The molecule has 0 unspecified atom stereocenters. The largest absolute Gasteiger partial charge is 0.364 e. The lowest BCUT2D eigenvalue weighted by Gasteiger charge is -2.07. The Kier molecular flexibility index (Phi) is 4.03. The molecule has 3 heterocycles. The number of halogens is 1. The molecule has 3 aromatic rings. The molecular formula is C14H14BrN5S. The molecule has 3 aromatic heterocycles. The Morgan fingerprint density at radius 2 is 2.14 bits per heavy atom. The molecule has 0 atom stereocenters. The standard InChI is InChI=1S/C14H14BrN5S/c1-9-3-10(2)20(19-9)14-7-16-6-13(18-14)17-5-12-4-11(15)8-21-12/h3-4,6-8H,5H2,1-2H3,(H,17,18). The number of aromatic nitrogens is 4. The van der Waals surface area contributed by atoms with Gasteiger partial charge in [0.2, 0.25) is 0 Å². The van der Waals surface area contributed by atoms with E-state index in [1.54, 1.807) is 28.4 Å². The molecule has 0 aromatic carbocycles. The van der Waals surface area contributed by atoms with E-state index >= 15 is 0 Å². The fourth-order valence-corrected chi connectivity index (χ4v) is 3.42. The molecule has 0 aliphatic carbocycles. The maximum Gasteiger partial charge on any atom is 0.174 e. The summed E-state index contributed by atoms with van der Waals surface area (Å²) in [5.74, 6) is 1.46. The quantitative estimate of drug-likeness (QED) is 0.767. The molecule has 0 spiro atoms. The van der Waals surface area contributed by atoms with Gasteiger partial charge in [-0.25, -0.2) is 9.67 Å². The molecule has 0 radical (unpaired) electrons. The monoisotopic (exact) mass is 363 g/mol. The first-order chi connectivity index (χ1) is 10.1. The summed E-state index contributed by atoms with van der Waals surface area (Å²) in [6.45, 7) is 4.70. The van der Waals surface area contributed by atoms with Gasteiger partial charge in [-0.05, 0) is 41.9 Å². The molecule has 0 saturated carbocycles. The number of hydrogen-bond donors (Lipinski definition) is 1. The molecule has 0 fully saturated rings. The second-order valence-corrected chi connectivity index (χ2v) is 6.60. The van der Waals surface area contributed by atoms with Crippen LogP contribution in [-0.2, 0) is 6.54 Å². The van der Waals surface area contributed by atoms with Crippen LogP contribution in [0.2, 0.25) is 0 Å². The second-order valence-electron chi connectivity index (χ2n) is 4.69. The third kappa shape index (κ3) is 3.30. The van der Waals surface area contributed by atoms with Crippen LogP contribution in [0.25, 0.3) is 5.82 Å². The molecule has 7 heteroatoms. The van der Waals surface area contributed by atoms with Gasteiger partial charge in [-0.3, -0.25) is 4.98 Å². The van der Waals surface area contributed by atoms with Gasteiger partial charge < -0.3 is 5.32 Å². The van der Waals surface area contributed by atoms with Gasteiger partial charge in [-0.15, -0.1) is 11.3 Å². The average molecular weight is 364 g/mol. The van der Waals surface area contributed by atoms with Gasteiger partial charge in [0.05, 0.1) is 24.6 Å². The molecule has 0 aliphatic heterocycles. The van der Waals surface area contributed by atoms with E-state index in [1.807, 2.05) is 19.9 Å². The number of rotatable bonds is 4. The van der Waals surface area contributed by atoms with E-state index in [4.69, 9.17) is 0 Å². The van der Waals surface area contributed by atoms with Crippen LogP contribution in [-0.4, -0.2) is 19.7 Å². The Balaban J connectivity index is 1.78. The zero-order valence-corrected chi connectivity index (χ0v) is 14.1. The summed E-state index contributed by atoms with van der Waals surface area (Å²) in [7, 11) is 0. The molecule has 0 amide bonds. The average Bonchev–Trinajstić information content (AvgIpc) is 3.02. The Labute approximate surface area is 135 Å². The number of nitrogens with zero attached hydrogens (tertiary/aromatic N) is 4. The molecule has 108 valence electrons. The minimum atomic E-state index is 0.720. The van der Waals surface area contributed by atoms with Crippen LogP contribution in [0.1, 0.15) is 16.3 Å². The number of nitrogens with one attached hydrogen (secondary N) is 1. The van der Waals surface area contributed by atoms with Crippen molar-refractivity contribution in [1.29, 1.82) is 0 Å². The van der Waals surface area contributed by atoms with Crippen molar-refractivity contribution in [2.45, 2.75) is 20.4 Å². The van der Waals surface area contributed by atoms with E-state index in [0.29, 0.717) is 0 Å². The van der Waals surface area contributed by atoms with Crippen molar-refractivity contribution < 1.29 is 0 Å². The summed E-state index contributed by atoms with van der Waals surface area (Å²) in [4.78, 5) is 10.0. The molecule has 0 aliphatic rings. The van der Waals surface area contributed by atoms with Crippen LogP contribution in [0.3, 0.4) is 0 Å². The number of thiophene rings is 1. The highest BCUT2D eigenvalue weighted by Gasteiger charge is 2.06. The van der Waals surface area contributed by atoms with Crippen molar-refractivity contribution in [1.82, 2.24) is 19.7 Å². The molecular weight excluding hydrogens is 350 g/mol. The molecule has 1 N–H and O–H groups in total. The lowest BCUT2D eigenvalue weighted by atomic mass is 10.4. The first kappa shape index (κ1) is 14.2. The van der Waals surface area contributed by atoms with E-state index in [0.717, 1.165) is 34.0 Å².